The maximum atomic E-state index is 12.4. The Morgan fingerprint density at radius 3 is 2.30 bits per heavy atom. The van der Waals surface area contributed by atoms with Gasteiger partial charge in [-0.2, -0.15) is 31.3 Å². The van der Waals surface area contributed by atoms with Gasteiger partial charge in [-0.1, -0.05) is 17.3 Å². The van der Waals surface area contributed by atoms with Crippen LogP contribution in [0.15, 0.2) is 28.8 Å². The summed E-state index contributed by atoms with van der Waals surface area (Å²) >= 11 is 0. The number of nitrogens with one attached hydrogen (secondary N) is 2. The van der Waals surface area contributed by atoms with Crippen molar-refractivity contribution in [2.75, 3.05) is 19.7 Å². The maximum absolute atomic E-state index is 12.4. The zero-order valence-corrected chi connectivity index (χ0v) is 13.3. The van der Waals surface area contributed by atoms with E-state index in [4.69, 9.17) is 0 Å². The standard InChI is InChI=1S/C14H12F6N4O3/c15-13(16,17)7-26-22-6-5-21-11(25)9-3-1-8(2-4-9)10-23-12(27-24-10)14(18,19)20/h1-4,22H,5-7H2,(H,21,25). The van der Waals surface area contributed by atoms with Crippen LogP contribution in [0.4, 0.5) is 26.3 Å². The van der Waals surface area contributed by atoms with Gasteiger partial charge in [-0.25, -0.2) is 5.48 Å². The molecule has 0 spiro atoms. The second-order valence-corrected chi connectivity index (χ2v) is 5.05. The number of aromatic nitrogens is 2. The van der Waals surface area contributed by atoms with Gasteiger partial charge in [-0.15, -0.1) is 0 Å². The predicted molar refractivity (Wildman–Crippen MR) is 77.1 cm³/mol. The average molecular weight is 398 g/mol. The lowest BCUT2D eigenvalue weighted by Gasteiger charge is -2.09. The largest absolute Gasteiger partial charge is 0.471 e. The molecule has 27 heavy (non-hydrogen) atoms. The molecule has 1 amide bonds. The summed E-state index contributed by atoms with van der Waals surface area (Å²) in [4.78, 5) is 19.2. The molecule has 0 aliphatic carbocycles. The van der Waals surface area contributed by atoms with E-state index >= 15 is 0 Å². The number of carbonyl (C=O) groups is 1. The monoisotopic (exact) mass is 398 g/mol. The van der Waals surface area contributed by atoms with Crippen molar-refractivity contribution in [2.45, 2.75) is 12.4 Å². The van der Waals surface area contributed by atoms with Crippen molar-refractivity contribution in [2.24, 2.45) is 0 Å². The molecule has 2 aromatic rings. The zero-order chi connectivity index (χ0) is 20.1. The van der Waals surface area contributed by atoms with Gasteiger partial charge >= 0.3 is 18.2 Å². The summed E-state index contributed by atoms with van der Waals surface area (Å²) in [7, 11) is 0. The predicted octanol–water partition coefficient (Wildman–Crippen LogP) is 2.57. The minimum atomic E-state index is -4.76. The van der Waals surface area contributed by atoms with Crippen molar-refractivity contribution >= 4 is 5.91 Å². The summed E-state index contributed by atoms with van der Waals surface area (Å²) in [5.74, 6) is -2.32. The van der Waals surface area contributed by atoms with Crippen LogP contribution in [0.1, 0.15) is 16.2 Å². The molecule has 0 saturated heterocycles. The van der Waals surface area contributed by atoms with Gasteiger partial charge in [-0.3, -0.25) is 9.63 Å². The van der Waals surface area contributed by atoms with E-state index in [1.165, 1.54) is 24.3 Å². The fourth-order valence-electron chi connectivity index (χ4n) is 1.76. The van der Waals surface area contributed by atoms with E-state index in [-0.39, 0.29) is 30.0 Å². The molecule has 0 bridgehead atoms. The number of nitrogens with zero attached hydrogens (tertiary/aromatic N) is 2. The number of rotatable bonds is 7. The highest BCUT2D eigenvalue weighted by atomic mass is 19.4. The molecular weight excluding hydrogens is 386 g/mol. The van der Waals surface area contributed by atoms with Crippen molar-refractivity contribution in [1.82, 2.24) is 20.9 Å². The van der Waals surface area contributed by atoms with E-state index in [1.807, 2.05) is 5.48 Å². The zero-order valence-electron chi connectivity index (χ0n) is 13.3. The van der Waals surface area contributed by atoms with Gasteiger partial charge in [-0.05, 0) is 12.1 Å². The van der Waals surface area contributed by atoms with Crippen molar-refractivity contribution in [3.05, 3.63) is 35.7 Å². The van der Waals surface area contributed by atoms with Gasteiger partial charge in [0.1, 0.15) is 0 Å². The Kier molecular flexibility index (Phi) is 6.38. The van der Waals surface area contributed by atoms with Crippen LogP contribution in [-0.4, -0.2) is 41.9 Å². The fraction of sp³-hybridized carbons (Fsp3) is 0.357. The molecule has 1 aromatic carbocycles. The van der Waals surface area contributed by atoms with Crippen LogP contribution in [-0.2, 0) is 11.0 Å². The lowest BCUT2D eigenvalue weighted by atomic mass is 10.1. The molecule has 7 nitrogen and oxygen atoms in total. The molecule has 148 valence electrons. The van der Waals surface area contributed by atoms with Crippen molar-refractivity contribution < 1.29 is 40.5 Å². The fourth-order valence-corrected chi connectivity index (χ4v) is 1.76. The van der Waals surface area contributed by atoms with E-state index in [9.17, 15) is 31.1 Å². The summed E-state index contributed by atoms with van der Waals surface area (Å²) in [6, 6.07) is 5.29. The molecule has 13 heteroatoms. The van der Waals surface area contributed by atoms with E-state index in [2.05, 4.69) is 24.8 Å². The number of halogens is 6. The Morgan fingerprint density at radius 1 is 1.07 bits per heavy atom. The number of benzene rings is 1. The van der Waals surface area contributed by atoms with E-state index in [0.717, 1.165) is 0 Å². The molecule has 0 unspecified atom stereocenters. The minimum absolute atomic E-state index is 0.0156. The first kappa shape index (κ1) is 20.6. The Labute approximate surface area is 147 Å². The molecule has 0 aliphatic rings. The first-order valence-corrected chi connectivity index (χ1v) is 7.27. The normalized spacial score (nSPS) is 12.2. The average Bonchev–Trinajstić information content (AvgIpc) is 3.07. The number of amides is 1. The molecule has 0 atom stereocenters. The molecular formula is C14H12F6N4O3. The van der Waals surface area contributed by atoms with Crippen LogP contribution < -0.4 is 10.8 Å². The van der Waals surface area contributed by atoms with Crippen LogP contribution in [0, 0.1) is 0 Å². The number of hydrogen-bond acceptors (Lipinski definition) is 6. The molecule has 2 N–H and O–H groups in total. The molecule has 2 rings (SSSR count). The van der Waals surface area contributed by atoms with Crippen LogP contribution in [0.2, 0.25) is 0 Å². The molecule has 1 heterocycles. The number of hydrogen-bond donors (Lipinski definition) is 2. The lowest BCUT2D eigenvalue weighted by Crippen LogP contribution is -2.33. The summed E-state index contributed by atoms with van der Waals surface area (Å²) in [5, 5.41) is 5.63. The van der Waals surface area contributed by atoms with Gasteiger partial charge in [0.2, 0.25) is 5.82 Å². The third-order valence-corrected chi connectivity index (χ3v) is 2.92. The topological polar surface area (TPSA) is 89.3 Å². The number of carbonyl (C=O) groups excluding carboxylic acids is 1. The Balaban J connectivity index is 1.82. The highest BCUT2D eigenvalue weighted by Gasteiger charge is 2.38. The quantitative estimate of drug-likeness (QED) is 0.423. The van der Waals surface area contributed by atoms with Gasteiger partial charge in [0.15, 0.2) is 6.61 Å². The first-order chi connectivity index (χ1) is 12.6. The molecule has 0 aliphatic heterocycles. The third-order valence-electron chi connectivity index (χ3n) is 2.92. The van der Waals surface area contributed by atoms with Gasteiger partial charge < -0.3 is 9.84 Å². The van der Waals surface area contributed by atoms with E-state index < -0.39 is 30.8 Å². The lowest BCUT2D eigenvalue weighted by molar-refractivity contribution is -0.189. The highest BCUT2D eigenvalue weighted by Crippen LogP contribution is 2.29. The van der Waals surface area contributed by atoms with Crippen LogP contribution in [0.3, 0.4) is 0 Å². The summed E-state index contributed by atoms with van der Waals surface area (Å²) in [6.07, 6.45) is -9.22. The van der Waals surface area contributed by atoms with Crippen molar-refractivity contribution in [3.63, 3.8) is 0 Å². The first-order valence-electron chi connectivity index (χ1n) is 7.27. The minimum Gasteiger partial charge on any atom is -0.351 e. The van der Waals surface area contributed by atoms with Crippen LogP contribution in [0.25, 0.3) is 11.4 Å². The van der Waals surface area contributed by atoms with Crippen LogP contribution >= 0.6 is 0 Å². The summed E-state index contributed by atoms with van der Waals surface area (Å²) in [5.41, 5.74) is 2.42. The maximum Gasteiger partial charge on any atom is 0.471 e. The summed E-state index contributed by atoms with van der Waals surface area (Å²) < 4.78 is 76.9. The van der Waals surface area contributed by atoms with Gasteiger partial charge in [0.05, 0.1) is 0 Å². The Morgan fingerprint density at radius 2 is 1.74 bits per heavy atom. The van der Waals surface area contributed by atoms with Crippen LogP contribution in [0.5, 0.6) is 0 Å². The third kappa shape index (κ3) is 6.53. The molecule has 1 aromatic heterocycles. The molecule has 0 saturated carbocycles. The van der Waals surface area contributed by atoms with E-state index in [0.29, 0.717) is 0 Å². The van der Waals surface area contributed by atoms with Crippen molar-refractivity contribution in [3.8, 4) is 11.4 Å². The van der Waals surface area contributed by atoms with Gasteiger partial charge in [0, 0.05) is 24.2 Å². The summed E-state index contributed by atoms with van der Waals surface area (Å²) in [6.45, 7) is -1.55. The van der Waals surface area contributed by atoms with Gasteiger partial charge in [0.25, 0.3) is 5.91 Å². The number of hydroxylamine groups is 1. The molecule has 0 radical (unpaired) electrons. The Hall–Kier alpha value is -2.67. The number of alkyl halides is 6. The highest BCUT2D eigenvalue weighted by molar-refractivity contribution is 5.94. The van der Waals surface area contributed by atoms with Crippen molar-refractivity contribution in [1.29, 1.82) is 0 Å². The molecule has 0 fully saturated rings. The second-order valence-electron chi connectivity index (χ2n) is 5.05. The Bertz CT molecular complexity index is 757. The van der Waals surface area contributed by atoms with E-state index in [1.54, 1.807) is 0 Å². The second kappa shape index (κ2) is 8.35. The SMILES string of the molecule is O=C(NCCNOCC(F)(F)F)c1ccc(-c2noc(C(F)(F)F)n2)cc1. The smallest absolute Gasteiger partial charge is 0.351 e.